The van der Waals surface area contributed by atoms with Gasteiger partial charge in [-0.3, -0.25) is 9.36 Å². The quantitative estimate of drug-likeness (QED) is 0.343. The third kappa shape index (κ3) is 4.04. The number of rotatable bonds is 6. The first-order valence-electron chi connectivity index (χ1n) is 10.4. The van der Waals surface area contributed by atoms with E-state index in [1.165, 1.54) is 6.07 Å². The van der Waals surface area contributed by atoms with Crippen LogP contribution in [0.25, 0.3) is 27.0 Å². The van der Waals surface area contributed by atoms with E-state index in [2.05, 4.69) is 0 Å². The minimum Gasteiger partial charge on any atom is -0.489 e. The molecular formula is C27H19NO4S. The standard InChI is InChI=1S/C27H19NO4S/c29-23-16-15-22-24(19-9-5-2-6-10-19)25(27(30)31)33-26(22)28(23)20-11-13-21(14-12-20)32-17-18-7-3-1-4-8-18/h1-16H,17H2,(H,30,31). The molecule has 2 heterocycles. The molecular weight excluding hydrogens is 434 g/mol. The largest absolute Gasteiger partial charge is 0.489 e. The molecule has 2 aromatic heterocycles. The van der Waals surface area contributed by atoms with Gasteiger partial charge in [-0.15, -0.1) is 11.3 Å². The molecule has 0 saturated carbocycles. The molecule has 0 saturated heterocycles. The van der Waals surface area contributed by atoms with Crippen molar-refractivity contribution in [2.24, 2.45) is 0 Å². The van der Waals surface area contributed by atoms with Crippen molar-refractivity contribution in [2.75, 3.05) is 0 Å². The molecule has 0 spiro atoms. The zero-order valence-corrected chi connectivity index (χ0v) is 18.3. The fraction of sp³-hybridized carbons (Fsp3) is 0.0370. The first-order valence-corrected chi connectivity index (χ1v) is 11.2. The van der Waals surface area contributed by atoms with E-state index in [-0.39, 0.29) is 10.4 Å². The summed E-state index contributed by atoms with van der Waals surface area (Å²) >= 11 is 1.11. The Morgan fingerprint density at radius 2 is 1.52 bits per heavy atom. The van der Waals surface area contributed by atoms with Gasteiger partial charge in [0.1, 0.15) is 22.1 Å². The number of carboxylic acids is 1. The van der Waals surface area contributed by atoms with Gasteiger partial charge in [-0.1, -0.05) is 60.7 Å². The number of benzene rings is 3. The van der Waals surface area contributed by atoms with Crippen LogP contribution in [0.4, 0.5) is 0 Å². The first-order chi connectivity index (χ1) is 16.1. The van der Waals surface area contributed by atoms with Gasteiger partial charge in [-0.25, -0.2) is 4.79 Å². The van der Waals surface area contributed by atoms with Gasteiger partial charge in [0, 0.05) is 17.0 Å². The van der Waals surface area contributed by atoms with Gasteiger partial charge in [-0.2, -0.15) is 0 Å². The molecule has 0 aliphatic rings. The Kier molecular flexibility index (Phi) is 5.50. The normalized spacial score (nSPS) is 10.9. The fourth-order valence-electron chi connectivity index (χ4n) is 3.80. The second-order valence-electron chi connectivity index (χ2n) is 7.47. The summed E-state index contributed by atoms with van der Waals surface area (Å²) in [7, 11) is 0. The molecule has 1 N–H and O–H groups in total. The smallest absolute Gasteiger partial charge is 0.346 e. The number of ether oxygens (including phenoxy) is 1. The number of aromatic carboxylic acids is 1. The third-order valence-electron chi connectivity index (χ3n) is 5.34. The van der Waals surface area contributed by atoms with Crippen LogP contribution >= 0.6 is 11.3 Å². The van der Waals surface area contributed by atoms with Gasteiger partial charge in [0.2, 0.25) is 0 Å². The number of nitrogens with zero attached hydrogens (tertiary/aromatic N) is 1. The van der Waals surface area contributed by atoms with E-state index in [9.17, 15) is 14.7 Å². The van der Waals surface area contributed by atoms with Crippen molar-refractivity contribution < 1.29 is 14.6 Å². The van der Waals surface area contributed by atoms with E-state index in [0.717, 1.165) is 27.8 Å². The van der Waals surface area contributed by atoms with Crippen LogP contribution in [0.2, 0.25) is 0 Å². The number of fused-ring (bicyclic) bond motifs is 1. The van der Waals surface area contributed by atoms with Crippen LogP contribution in [0.3, 0.4) is 0 Å². The van der Waals surface area contributed by atoms with Crippen molar-refractivity contribution in [1.29, 1.82) is 0 Å². The maximum absolute atomic E-state index is 12.8. The molecule has 5 rings (SSSR count). The van der Waals surface area contributed by atoms with Crippen molar-refractivity contribution in [3.8, 4) is 22.6 Å². The van der Waals surface area contributed by atoms with Crippen LogP contribution in [0.15, 0.2) is 102 Å². The van der Waals surface area contributed by atoms with Gasteiger partial charge in [0.05, 0.1) is 5.69 Å². The topological polar surface area (TPSA) is 68.5 Å². The second kappa shape index (κ2) is 8.76. The summed E-state index contributed by atoms with van der Waals surface area (Å²) in [6, 6.07) is 29.7. The summed E-state index contributed by atoms with van der Waals surface area (Å²) in [5.41, 5.74) is 2.92. The predicted octanol–water partition coefficient (Wildman–Crippen LogP) is 6.00. The highest BCUT2D eigenvalue weighted by Crippen LogP contribution is 2.39. The Hall–Kier alpha value is -4.16. The fourth-order valence-corrected chi connectivity index (χ4v) is 4.98. The first kappa shape index (κ1) is 20.7. The van der Waals surface area contributed by atoms with E-state index in [4.69, 9.17) is 4.74 Å². The summed E-state index contributed by atoms with van der Waals surface area (Å²) < 4.78 is 7.41. The summed E-state index contributed by atoms with van der Waals surface area (Å²) in [6.07, 6.45) is 0. The molecule has 0 aliphatic heterocycles. The Morgan fingerprint density at radius 1 is 0.848 bits per heavy atom. The van der Waals surface area contributed by atoms with Crippen LogP contribution in [0.1, 0.15) is 15.2 Å². The monoisotopic (exact) mass is 453 g/mol. The second-order valence-corrected chi connectivity index (χ2v) is 8.47. The SMILES string of the molecule is O=C(O)c1sc2c(ccc(=O)n2-c2ccc(OCc3ccccc3)cc2)c1-c1ccccc1. The molecule has 0 amide bonds. The maximum Gasteiger partial charge on any atom is 0.346 e. The minimum atomic E-state index is -1.02. The number of hydrogen-bond donors (Lipinski definition) is 1. The highest BCUT2D eigenvalue weighted by Gasteiger charge is 2.22. The van der Waals surface area contributed by atoms with Gasteiger partial charge in [0.15, 0.2) is 0 Å². The molecule has 5 nitrogen and oxygen atoms in total. The Balaban J connectivity index is 1.56. The molecule has 33 heavy (non-hydrogen) atoms. The molecule has 0 radical (unpaired) electrons. The highest BCUT2D eigenvalue weighted by atomic mass is 32.1. The highest BCUT2D eigenvalue weighted by molar-refractivity contribution is 7.21. The molecule has 0 fully saturated rings. The van der Waals surface area contributed by atoms with Crippen molar-refractivity contribution in [3.05, 3.63) is 118 Å². The molecule has 162 valence electrons. The molecule has 0 atom stereocenters. The lowest BCUT2D eigenvalue weighted by atomic mass is 10.0. The zero-order valence-electron chi connectivity index (χ0n) is 17.5. The number of thiophene rings is 1. The van der Waals surface area contributed by atoms with Crippen molar-refractivity contribution in [3.63, 3.8) is 0 Å². The lowest BCUT2D eigenvalue weighted by Crippen LogP contribution is -2.16. The third-order valence-corrected chi connectivity index (χ3v) is 6.52. The lowest BCUT2D eigenvalue weighted by Gasteiger charge is -2.10. The van der Waals surface area contributed by atoms with E-state index in [0.29, 0.717) is 28.4 Å². The number of hydrogen-bond acceptors (Lipinski definition) is 4. The van der Waals surface area contributed by atoms with Crippen LogP contribution < -0.4 is 10.3 Å². The summed E-state index contributed by atoms with van der Waals surface area (Å²) in [5.74, 6) is -0.330. The molecule has 0 aliphatic carbocycles. The Bertz CT molecular complexity index is 1490. The van der Waals surface area contributed by atoms with E-state index in [1.807, 2.05) is 84.9 Å². The summed E-state index contributed by atoms with van der Waals surface area (Å²) in [5, 5.41) is 10.6. The van der Waals surface area contributed by atoms with Crippen LogP contribution in [-0.2, 0) is 6.61 Å². The van der Waals surface area contributed by atoms with Crippen LogP contribution in [0.5, 0.6) is 5.75 Å². The van der Waals surface area contributed by atoms with Gasteiger partial charge >= 0.3 is 5.97 Å². The van der Waals surface area contributed by atoms with Gasteiger partial charge < -0.3 is 9.84 Å². The molecule has 0 unspecified atom stereocenters. The number of carbonyl (C=O) groups is 1. The van der Waals surface area contributed by atoms with E-state index >= 15 is 0 Å². The van der Waals surface area contributed by atoms with Crippen LogP contribution in [-0.4, -0.2) is 15.6 Å². The van der Waals surface area contributed by atoms with Crippen molar-refractivity contribution >= 4 is 27.5 Å². The number of carboxylic acid groups (broad SMARTS) is 1. The van der Waals surface area contributed by atoms with Gasteiger partial charge in [0.25, 0.3) is 5.56 Å². The van der Waals surface area contributed by atoms with Crippen molar-refractivity contribution in [2.45, 2.75) is 6.61 Å². The summed E-state index contributed by atoms with van der Waals surface area (Å²) in [6.45, 7) is 0.447. The van der Waals surface area contributed by atoms with E-state index in [1.54, 1.807) is 10.6 Å². The average molecular weight is 454 g/mol. The van der Waals surface area contributed by atoms with Crippen molar-refractivity contribution in [1.82, 2.24) is 4.57 Å². The number of pyridine rings is 1. The predicted molar refractivity (Wildman–Crippen MR) is 131 cm³/mol. The van der Waals surface area contributed by atoms with Crippen LogP contribution in [0, 0.1) is 0 Å². The molecule has 6 heteroatoms. The maximum atomic E-state index is 12.8. The van der Waals surface area contributed by atoms with E-state index < -0.39 is 5.97 Å². The molecule has 3 aromatic carbocycles. The molecule has 0 bridgehead atoms. The minimum absolute atomic E-state index is 0.207. The average Bonchev–Trinajstić information content (AvgIpc) is 3.24. The molecule has 5 aromatic rings. The Morgan fingerprint density at radius 3 is 2.18 bits per heavy atom. The summed E-state index contributed by atoms with van der Waals surface area (Å²) in [4.78, 5) is 25.7. The Labute approximate surface area is 193 Å². The number of aromatic nitrogens is 1. The van der Waals surface area contributed by atoms with Gasteiger partial charge in [-0.05, 0) is 41.5 Å². The zero-order chi connectivity index (χ0) is 22.8. The lowest BCUT2D eigenvalue weighted by molar-refractivity contribution is 0.0703.